The number of ether oxygens (including phenoxy) is 2. The number of rotatable bonds is 8. The maximum atomic E-state index is 12.7. The summed E-state index contributed by atoms with van der Waals surface area (Å²) >= 11 is 1.19. The maximum Gasteiger partial charge on any atom is 0.268 e. The molecule has 1 amide bonds. The summed E-state index contributed by atoms with van der Waals surface area (Å²) in [5.74, 6) is 0.941. The first-order chi connectivity index (χ1) is 16.6. The Kier molecular flexibility index (Phi) is 7.01. The Labute approximate surface area is 200 Å². The Balaban J connectivity index is 1.44. The summed E-state index contributed by atoms with van der Waals surface area (Å²) in [6.45, 7) is 2.19. The van der Waals surface area contributed by atoms with Gasteiger partial charge in [-0.3, -0.25) is 10.1 Å². The number of hydrogen-bond donors (Lipinski definition) is 1. The molecule has 0 saturated carbocycles. The summed E-state index contributed by atoms with van der Waals surface area (Å²) in [7, 11) is 1.61. The molecule has 2 heterocycles. The van der Waals surface area contributed by atoms with Gasteiger partial charge in [0, 0.05) is 17.6 Å². The Morgan fingerprint density at radius 1 is 1.15 bits per heavy atom. The molecule has 8 nitrogen and oxygen atoms in total. The van der Waals surface area contributed by atoms with Gasteiger partial charge in [0.05, 0.1) is 7.11 Å². The lowest BCUT2D eigenvalue weighted by atomic mass is 10.2. The first-order valence-corrected chi connectivity index (χ1v) is 11.1. The van der Waals surface area contributed by atoms with Gasteiger partial charge in [-0.05, 0) is 61.0 Å². The van der Waals surface area contributed by atoms with E-state index in [1.165, 1.54) is 17.4 Å². The SMILES string of the molecule is COc1ccc(-n2cccc2/C=C(/C#N)C(=O)Nc2nnc(COc3ccccc3C)s2)cc1. The lowest BCUT2D eigenvalue weighted by Crippen LogP contribution is -2.13. The van der Waals surface area contributed by atoms with Crippen molar-refractivity contribution in [2.45, 2.75) is 13.5 Å². The van der Waals surface area contributed by atoms with Gasteiger partial charge in [-0.25, -0.2) is 0 Å². The van der Waals surface area contributed by atoms with Crippen molar-refractivity contribution in [2.75, 3.05) is 12.4 Å². The van der Waals surface area contributed by atoms with Gasteiger partial charge in [-0.2, -0.15) is 5.26 Å². The van der Waals surface area contributed by atoms with Gasteiger partial charge < -0.3 is 14.0 Å². The van der Waals surface area contributed by atoms with Gasteiger partial charge in [-0.15, -0.1) is 10.2 Å². The highest BCUT2D eigenvalue weighted by atomic mass is 32.1. The second kappa shape index (κ2) is 10.5. The van der Waals surface area contributed by atoms with Crippen molar-refractivity contribution in [3.05, 3.63) is 88.7 Å². The Hall–Kier alpha value is -4.42. The normalized spacial score (nSPS) is 11.0. The third-order valence-corrected chi connectivity index (χ3v) is 5.73. The number of nitrogens with one attached hydrogen (secondary N) is 1. The Morgan fingerprint density at radius 3 is 2.68 bits per heavy atom. The molecule has 0 fully saturated rings. The van der Waals surface area contributed by atoms with Crippen LogP contribution in [0, 0.1) is 18.3 Å². The molecule has 34 heavy (non-hydrogen) atoms. The lowest BCUT2D eigenvalue weighted by Gasteiger charge is -2.08. The van der Waals surface area contributed by atoms with Crippen molar-refractivity contribution >= 4 is 28.5 Å². The predicted molar refractivity (Wildman–Crippen MR) is 130 cm³/mol. The van der Waals surface area contributed by atoms with Crippen molar-refractivity contribution in [2.24, 2.45) is 0 Å². The molecular weight excluding hydrogens is 450 g/mol. The highest BCUT2D eigenvalue weighted by Gasteiger charge is 2.14. The number of benzene rings is 2. The number of para-hydroxylation sites is 1. The van der Waals surface area contributed by atoms with Gasteiger partial charge in [-0.1, -0.05) is 29.5 Å². The quantitative estimate of drug-likeness (QED) is 0.293. The molecule has 0 aliphatic carbocycles. The molecule has 2 aromatic carbocycles. The third kappa shape index (κ3) is 5.31. The number of nitrogens with zero attached hydrogens (tertiary/aromatic N) is 4. The topological polar surface area (TPSA) is 102 Å². The van der Waals surface area contributed by atoms with E-state index in [2.05, 4.69) is 15.5 Å². The molecule has 1 N–H and O–H groups in total. The smallest absolute Gasteiger partial charge is 0.268 e. The monoisotopic (exact) mass is 471 g/mol. The van der Waals surface area contributed by atoms with Gasteiger partial charge in [0.15, 0.2) is 5.01 Å². The van der Waals surface area contributed by atoms with Gasteiger partial charge in [0.2, 0.25) is 5.13 Å². The molecule has 0 aliphatic heterocycles. The maximum absolute atomic E-state index is 12.7. The second-order valence-electron chi connectivity index (χ2n) is 7.18. The number of hydrogen-bond acceptors (Lipinski definition) is 7. The molecule has 0 spiro atoms. The number of anilines is 1. The molecular formula is C25H21N5O3S. The molecule has 0 saturated heterocycles. The summed E-state index contributed by atoms with van der Waals surface area (Å²) < 4.78 is 12.8. The summed E-state index contributed by atoms with van der Waals surface area (Å²) in [5, 5.41) is 21.2. The van der Waals surface area contributed by atoms with Crippen LogP contribution < -0.4 is 14.8 Å². The van der Waals surface area contributed by atoms with Gasteiger partial charge in [0.25, 0.3) is 5.91 Å². The summed E-state index contributed by atoms with van der Waals surface area (Å²) in [6, 6.07) is 20.8. The first-order valence-electron chi connectivity index (χ1n) is 10.3. The molecule has 0 radical (unpaired) electrons. The lowest BCUT2D eigenvalue weighted by molar-refractivity contribution is -0.112. The Bertz CT molecular complexity index is 1370. The van der Waals surface area contributed by atoms with Crippen LogP contribution in [0.2, 0.25) is 0 Å². The number of aromatic nitrogens is 3. The van der Waals surface area contributed by atoms with Crippen molar-refractivity contribution in [1.82, 2.24) is 14.8 Å². The van der Waals surface area contributed by atoms with Crippen LogP contribution >= 0.6 is 11.3 Å². The van der Waals surface area contributed by atoms with Gasteiger partial charge in [0.1, 0.15) is 29.7 Å². The molecule has 0 bridgehead atoms. The minimum absolute atomic E-state index is 0.0543. The first kappa shape index (κ1) is 22.8. The molecule has 4 rings (SSSR count). The summed E-state index contributed by atoms with van der Waals surface area (Å²) in [4.78, 5) is 12.7. The third-order valence-electron chi connectivity index (χ3n) is 4.92. The zero-order chi connectivity index (χ0) is 23.9. The average molecular weight is 472 g/mol. The van der Waals surface area contributed by atoms with Crippen molar-refractivity contribution < 1.29 is 14.3 Å². The highest BCUT2D eigenvalue weighted by Crippen LogP contribution is 2.22. The van der Waals surface area contributed by atoms with Crippen molar-refractivity contribution in [3.63, 3.8) is 0 Å². The minimum Gasteiger partial charge on any atom is -0.497 e. The molecule has 4 aromatic rings. The minimum atomic E-state index is -0.562. The van der Waals surface area contributed by atoms with E-state index in [1.807, 2.05) is 84.4 Å². The molecule has 0 unspecified atom stereocenters. The van der Waals surface area contributed by atoms with E-state index in [4.69, 9.17) is 9.47 Å². The number of carbonyl (C=O) groups is 1. The van der Waals surface area contributed by atoms with E-state index in [-0.39, 0.29) is 12.2 Å². The fourth-order valence-electron chi connectivity index (χ4n) is 3.17. The Morgan fingerprint density at radius 2 is 1.94 bits per heavy atom. The molecule has 170 valence electrons. The molecule has 0 aliphatic rings. The zero-order valence-electron chi connectivity index (χ0n) is 18.6. The number of aryl methyl sites for hydroxylation is 1. The molecule has 2 aromatic heterocycles. The van der Waals surface area contributed by atoms with E-state index in [0.717, 1.165) is 22.7 Å². The van der Waals surface area contributed by atoms with Crippen LogP contribution in [0.25, 0.3) is 11.8 Å². The second-order valence-corrected chi connectivity index (χ2v) is 8.24. The van der Waals surface area contributed by atoms with E-state index >= 15 is 0 Å². The number of methoxy groups -OCH3 is 1. The van der Waals surface area contributed by atoms with Crippen LogP contribution in [-0.2, 0) is 11.4 Å². The fourth-order valence-corrected chi connectivity index (χ4v) is 3.82. The van der Waals surface area contributed by atoms with Crippen molar-refractivity contribution in [1.29, 1.82) is 5.26 Å². The van der Waals surface area contributed by atoms with Crippen LogP contribution in [0.1, 0.15) is 16.3 Å². The van der Waals surface area contributed by atoms with Crippen LogP contribution in [0.4, 0.5) is 5.13 Å². The van der Waals surface area contributed by atoms with Crippen LogP contribution in [0.3, 0.4) is 0 Å². The molecule has 9 heteroatoms. The van der Waals surface area contributed by atoms with E-state index in [9.17, 15) is 10.1 Å². The van der Waals surface area contributed by atoms with E-state index in [1.54, 1.807) is 7.11 Å². The number of nitriles is 1. The zero-order valence-corrected chi connectivity index (χ0v) is 19.4. The standard InChI is InChI=1S/C25H21N5O3S/c1-17-6-3-4-8-22(17)33-16-23-28-29-25(34-23)27-24(31)18(15-26)14-20-7-5-13-30(20)19-9-11-21(32-2)12-10-19/h3-14H,16H2,1-2H3,(H,27,29,31)/b18-14-. The highest BCUT2D eigenvalue weighted by molar-refractivity contribution is 7.15. The van der Waals surface area contributed by atoms with Crippen LogP contribution in [-0.4, -0.2) is 27.8 Å². The number of carbonyl (C=O) groups excluding carboxylic acids is 1. The van der Waals surface area contributed by atoms with Gasteiger partial charge >= 0.3 is 0 Å². The summed E-state index contributed by atoms with van der Waals surface area (Å²) in [5.41, 5.74) is 2.52. The van der Waals surface area contributed by atoms with E-state index < -0.39 is 5.91 Å². The number of amides is 1. The van der Waals surface area contributed by atoms with Crippen molar-refractivity contribution in [3.8, 4) is 23.3 Å². The molecule has 0 atom stereocenters. The predicted octanol–water partition coefficient (Wildman–Crippen LogP) is 4.77. The van der Waals surface area contributed by atoms with Crippen LogP contribution in [0.15, 0.2) is 72.4 Å². The largest absolute Gasteiger partial charge is 0.497 e. The van der Waals surface area contributed by atoms with Crippen LogP contribution in [0.5, 0.6) is 11.5 Å². The van der Waals surface area contributed by atoms with E-state index in [0.29, 0.717) is 15.8 Å². The fraction of sp³-hybridized carbons (Fsp3) is 0.120. The summed E-state index contributed by atoms with van der Waals surface area (Å²) in [6.07, 6.45) is 3.38. The average Bonchev–Trinajstić information content (AvgIpc) is 3.51.